The maximum absolute atomic E-state index is 8.39. The first kappa shape index (κ1) is 33.8. The zero-order valence-corrected chi connectivity index (χ0v) is 34.1. The Balaban J connectivity index is 0.941. The van der Waals surface area contributed by atoms with E-state index in [9.17, 15) is 0 Å². The Morgan fingerprint density at radius 2 is 1.37 bits per heavy atom. The average Bonchev–Trinajstić information content (AvgIpc) is 3.83. The smallest absolute Gasteiger partial charge is 0.138 e. The van der Waals surface area contributed by atoms with Crippen molar-refractivity contribution in [2.75, 3.05) is 23.0 Å². The minimum atomic E-state index is -2.22. The molecule has 0 spiro atoms. The van der Waals surface area contributed by atoms with E-state index in [1.807, 2.05) is 66.9 Å². The quantitative estimate of drug-likeness (QED) is 0.146. The first-order valence-electron chi connectivity index (χ1n) is 22.2. The lowest BCUT2D eigenvalue weighted by Gasteiger charge is -2.23. The maximum atomic E-state index is 8.39. The molecule has 0 amide bonds. The zero-order chi connectivity index (χ0) is 43.3. The van der Waals surface area contributed by atoms with Crippen molar-refractivity contribution < 1.29 is 8.85 Å². The van der Waals surface area contributed by atoms with E-state index in [1.165, 1.54) is 5.56 Å². The summed E-state index contributed by atoms with van der Waals surface area (Å²) in [5, 5.41) is 2.28. The number of hydrogen-bond acceptors (Lipinski definition) is 4. The maximum Gasteiger partial charge on any atom is 0.138 e. The molecule has 0 saturated heterocycles. The van der Waals surface area contributed by atoms with Crippen molar-refractivity contribution in [1.29, 1.82) is 0 Å². The third-order valence-electron chi connectivity index (χ3n) is 11.8. The lowest BCUT2D eigenvalue weighted by atomic mass is 9.86. The fraction of sp³-hybridized carbons (Fsp3) is 0.145. The van der Waals surface area contributed by atoms with Gasteiger partial charge < -0.3 is 14.5 Å². The molecule has 9 aromatic rings. The number of ether oxygens (including phenoxy) is 1. The largest absolute Gasteiger partial charge is 0.457 e. The molecule has 0 aliphatic carbocycles. The molecule has 1 aliphatic heterocycles. The molecular formula is C55H48N4O. The summed E-state index contributed by atoms with van der Waals surface area (Å²) < 4.78 is 34.1. The van der Waals surface area contributed by atoms with Gasteiger partial charge in [-0.25, -0.2) is 4.98 Å². The second kappa shape index (κ2) is 15.2. The van der Waals surface area contributed by atoms with Crippen LogP contribution in [0.4, 0.5) is 17.1 Å². The Morgan fingerprint density at radius 1 is 0.617 bits per heavy atom. The third-order valence-corrected chi connectivity index (χ3v) is 11.8. The summed E-state index contributed by atoms with van der Waals surface area (Å²) in [5.41, 5.74) is 12.2. The van der Waals surface area contributed by atoms with Crippen LogP contribution >= 0.6 is 0 Å². The molecule has 3 heterocycles. The first-order chi connectivity index (χ1) is 30.5. The Hall–Kier alpha value is -7.11. The Labute approximate surface area is 357 Å². The van der Waals surface area contributed by atoms with E-state index in [0.717, 1.165) is 84.0 Å². The molecular weight excluding hydrogens is 733 g/mol. The highest BCUT2D eigenvalue weighted by Crippen LogP contribution is 2.42. The molecule has 0 bridgehead atoms. The van der Waals surface area contributed by atoms with E-state index in [1.54, 1.807) is 6.07 Å². The highest BCUT2D eigenvalue weighted by Gasteiger charge is 2.27. The van der Waals surface area contributed by atoms with Crippen molar-refractivity contribution in [3.63, 3.8) is 0 Å². The number of benzene rings is 7. The topological polar surface area (TPSA) is 33.5 Å². The number of hydrogen-bond donors (Lipinski definition) is 0. The molecule has 1 aliphatic rings. The Kier molecular flexibility index (Phi) is 8.59. The molecule has 0 fully saturated rings. The zero-order valence-electron chi connectivity index (χ0n) is 37.1. The van der Waals surface area contributed by atoms with Crippen LogP contribution in [-0.2, 0) is 11.8 Å². The lowest BCUT2D eigenvalue weighted by Crippen LogP contribution is -2.30. The van der Waals surface area contributed by atoms with Crippen LogP contribution in [0.3, 0.4) is 0 Å². The molecule has 5 nitrogen and oxygen atoms in total. The minimum Gasteiger partial charge on any atom is -0.457 e. The van der Waals surface area contributed by atoms with Gasteiger partial charge in [-0.3, -0.25) is 4.57 Å². The molecule has 0 radical (unpaired) electrons. The van der Waals surface area contributed by atoms with Crippen LogP contribution in [0.2, 0.25) is 0 Å². The predicted octanol–water partition coefficient (Wildman–Crippen LogP) is 14.1. The fourth-order valence-electron chi connectivity index (χ4n) is 8.68. The van der Waals surface area contributed by atoms with Crippen LogP contribution in [0.1, 0.15) is 41.6 Å². The van der Waals surface area contributed by atoms with Crippen LogP contribution in [-0.4, -0.2) is 22.8 Å². The van der Waals surface area contributed by atoms with E-state index in [2.05, 4.69) is 144 Å². The molecule has 2 aromatic heterocycles. The van der Waals surface area contributed by atoms with E-state index in [0.29, 0.717) is 25.2 Å². The summed E-state index contributed by atoms with van der Waals surface area (Å²) in [6, 6.07) is 60.2. The molecule has 0 N–H and O–H groups in total. The molecule has 0 atom stereocenters. The molecule has 0 saturated carbocycles. The van der Waals surface area contributed by atoms with E-state index in [4.69, 9.17) is 13.8 Å². The summed E-state index contributed by atoms with van der Waals surface area (Å²) in [6.07, 6.45) is 2.47. The van der Waals surface area contributed by atoms with Gasteiger partial charge in [-0.1, -0.05) is 130 Å². The summed E-state index contributed by atoms with van der Waals surface area (Å²) in [5.74, 6) is 2.29. The molecule has 10 rings (SSSR count). The average molecular weight is 784 g/mol. The van der Waals surface area contributed by atoms with Crippen molar-refractivity contribution >= 4 is 38.9 Å². The van der Waals surface area contributed by atoms with Gasteiger partial charge in [-0.15, -0.1) is 0 Å². The van der Waals surface area contributed by atoms with Crippen molar-refractivity contribution in [3.05, 3.63) is 199 Å². The summed E-state index contributed by atoms with van der Waals surface area (Å²) >= 11 is 0. The van der Waals surface area contributed by atoms with Crippen LogP contribution in [0.15, 0.2) is 182 Å². The second-order valence-corrected chi connectivity index (χ2v) is 16.6. The van der Waals surface area contributed by atoms with Gasteiger partial charge in [0.25, 0.3) is 0 Å². The normalized spacial score (nSPS) is 13.6. The highest BCUT2D eigenvalue weighted by atomic mass is 16.5. The van der Waals surface area contributed by atoms with E-state index < -0.39 is 6.85 Å². The molecule has 0 unspecified atom stereocenters. The molecule has 5 heteroatoms. The molecule has 294 valence electrons. The summed E-state index contributed by atoms with van der Waals surface area (Å²) in [6.45, 7) is 5.74. The first-order valence-corrected chi connectivity index (χ1v) is 20.7. The van der Waals surface area contributed by atoms with Gasteiger partial charge in [0.2, 0.25) is 0 Å². The van der Waals surface area contributed by atoms with Crippen LogP contribution in [0, 0.1) is 6.85 Å². The van der Waals surface area contributed by atoms with Crippen LogP contribution in [0.5, 0.6) is 11.5 Å². The lowest BCUT2D eigenvalue weighted by molar-refractivity contribution is 0.483. The number of aryl methyl sites for hydroxylation is 1. The highest BCUT2D eigenvalue weighted by molar-refractivity contribution is 6.09. The van der Waals surface area contributed by atoms with Gasteiger partial charge in [0.1, 0.15) is 17.3 Å². The van der Waals surface area contributed by atoms with Crippen LogP contribution in [0.25, 0.3) is 49.9 Å². The van der Waals surface area contributed by atoms with Crippen molar-refractivity contribution in [2.45, 2.75) is 39.5 Å². The van der Waals surface area contributed by atoms with Gasteiger partial charge in [-0.05, 0) is 112 Å². The Bertz CT molecular complexity index is 3110. The van der Waals surface area contributed by atoms with Crippen molar-refractivity contribution in [3.8, 4) is 39.6 Å². The van der Waals surface area contributed by atoms with E-state index >= 15 is 0 Å². The number of para-hydroxylation sites is 3. The van der Waals surface area contributed by atoms with Crippen molar-refractivity contribution in [2.24, 2.45) is 0 Å². The fourth-order valence-corrected chi connectivity index (χ4v) is 8.68. The van der Waals surface area contributed by atoms with Gasteiger partial charge in [0.05, 0.1) is 29.1 Å². The SMILES string of the molecule is [2H]C([2H])([2H])c1cccc(-c2ccccc2)c1CCN1CN(c2cccc(Oc3ccc4c5ccccc5n(-c5cc(-c6ccc(C(C)(C)C)cc6)ccn5)c4c3)c2)c2ccccc21. The number of rotatable bonds is 9. The minimum absolute atomic E-state index is 0.0835. The number of anilines is 3. The number of aromatic nitrogens is 2. The van der Waals surface area contributed by atoms with Gasteiger partial charge in [0.15, 0.2) is 0 Å². The number of nitrogens with zero attached hydrogens (tertiary/aromatic N) is 4. The number of pyridine rings is 1. The van der Waals surface area contributed by atoms with Gasteiger partial charge in [0, 0.05) is 45.4 Å². The van der Waals surface area contributed by atoms with Gasteiger partial charge >= 0.3 is 0 Å². The van der Waals surface area contributed by atoms with Gasteiger partial charge in [-0.2, -0.15) is 0 Å². The second-order valence-electron chi connectivity index (χ2n) is 16.6. The van der Waals surface area contributed by atoms with Crippen LogP contribution < -0.4 is 14.5 Å². The standard InChI is InChI=1S/C55H48N4O/c1-38-14-12-20-47(40-15-6-5-7-16-40)46(38)31-33-57-37-58(52-23-11-10-22-51(52)57)43-17-13-18-44(35-43)60-45-28-29-49-48-19-8-9-21-50(48)59(53(49)36-45)54-34-41(30-32-56-54)39-24-26-42(27-25-39)55(2,3)4/h5-30,32,34-36H,31,33,37H2,1-4H3/i1D3. The monoisotopic (exact) mass is 783 g/mol. The predicted molar refractivity (Wildman–Crippen MR) is 250 cm³/mol. The summed E-state index contributed by atoms with van der Waals surface area (Å²) in [7, 11) is 0. The Morgan fingerprint density at radius 3 is 2.20 bits per heavy atom. The molecule has 60 heavy (non-hydrogen) atoms. The molecule has 7 aromatic carbocycles. The van der Waals surface area contributed by atoms with E-state index in [-0.39, 0.29) is 5.41 Å². The third kappa shape index (κ3) is 6.96. The number of fused-ring (bicyclic) bond motifs is 4. The van der Waals surface area contributed by atoms with Crippen molar-refractivity contribution in [1.82, 2.24) is 9.55 Å². The summed E-state index contributed by atoms with van der Waals surface area (Å²) in [4.78, 5) is 9.55.